The first-order valence-corrected chi connectivity index (χ1v) is 7.82. The maximum Gasteiger partial charge on any atom is 0.317 e. The molecule has 4 nitrogen and oxygen atoms in total. The van der Waals surface area contributed by atoms with E-state index in [-0.39, 0.29) is 6.54 Å². The van der Waals surface area contributed by atoms with E-state index in [1.54, 1.807) is 0 Å². The third kappa shape index (κ3) is 4.74. The predicted octanol–water partition coefficient (Wildman–Crippen LogP) is 2.69. The highest BCUT2D eigenvalue weighted by Gasteiger charge is 2.17. The number of benzene rings is 1. The average molecular weight is 362 g/mol. The van der Waals surface area contributed by atoms with E-state index >= 15 is 0 Å². The molecule has 1 aliphatic heterocycles. The van der Waals surface area contributed by atoms with E-state index in [2.05, 4.69) is 20.8 Å². The van der Waals surface area contributed by atoms with Crippen molar-refractivity contribution in [3.8, 4) is 0 Å². The molecule has 20 heavy (non-hydrogen) atoms. The van der Waals surface area contributed by atoms with Gasteiger partial charge in [0.1, 0.15) is 0 Å². The van der Waals surface area contributed by atoms with Crippen molar-refractivity contribution in [3.05, 3.63) is 33.3 Å². The Morgan fingerprint density at radius 2 is 1.95 bits per heavy atom. The zero-order valence-electron chi connectivity index (χ0n) is 11.2. The molecule has 110 valence electrons. The van der Waals surface area contributed by atoms with Gasteiger partial charge in [-0.2, -0.15) is 0 Å². The lowest BCUT2D eigenvalue weighted by atomic mass is 10.2. The Balaban J connectivity index is 1.94. The van der Waals surface area contributed by atoms with E-state index in [1.807, 2.05) is 23.1 Å². The van der Waals surface area contributed by atoms with Crippen LogP contribution >= 0.6 is 27.5 Å². The van der Waals surface area contributed by atoms with Crippen LogP contribution in [0.15, 0.2) is 22.7 Å². The van der Waals surface area contributed by atoms with Crippen LogP contribution in [0.3, 0.4) is 0 Å². The van der Waals surface area contributed by atoms with Gasteiger partial charge in [-0.15, -0.1) is 0 Å². The van der Waals surface area contributed by atoms with Crippen LogP contribution < -0.4 is 0 Å². The van der Waals surface area contributed by atoms with Crippen LogP contribution in [0.25, 0.3) is 0 Å². The summed E-state index contributed by atoms with van der Waals surface area (Å²) in [5.74, 6) is -0.754. The molecule has 1 aromatic carbocycles. The molecule has 0 saturated carbocycles. The highest BCUT2D eigenvalue weighted by molar-refractivity contribution is 9.10. The van der Waals surface area contributed by atoms with Crippen molar-refractivity contribution >= 4 is 33.5 Å². The predicted molar refractivity (Wildman–Crippen MR) is 83.1 cm³/mol. The fourth-order valence-electron chi connectivity index (χ4n) is 2.44. The topological polar surface area (TPSA) is 43.8 Å². The molecule has 1 heterocycles. The minimum absolute atomic E-state index is 0.134. The number of carboxylic acid groups (broad SMARTS) is 1. The van der Waals surface area contributed by atoms with Gasteiger partial charge in [-0.3, -0.25) is 14.6 Å². The Labute approximate surface area is 132 Å². The van der Waals surface area contributed by atoms with Gasteiger partial charge in [-0.1, -0.05) is 27.5 Å². The summed E-state index contributed by atoms with van der Waals surface area (Å²) in [7, 11) is 0. The standard InChI is InChI=1S/C14H18BrClN2O2/c15-13-3-2-12(16)8-11(13)9-17-4-1-5-18(7-6-17)10-14(19)20/h2-3,8H,1,4-7,9-10H2,(H,19,20). The Hall–Kier alpha value is -0.620. The molecule has 0 bridgehead atoms. The molecule has 0 aliphatic carbocycles. The zero-order valence-corrected chi connectivity index (χ0v) is 13.5. The highest BCUT2D eigenvalue weighted by Crippen LogP contribution is 2.23. The van der Waals surface area contributed by atoms with Gasteiger partial charge in [0, 0.05) is 35.7 Å². The fraction of sp³-hybridized carbons (Fsp3) is 0.500. The van der Waals surface area contributed by atoms with Gasteiger partial charge >= 0.3 is 5.97 Å². The van der Waals surface area contributed by atoms with Gasteiger partial charge < -0.3 is 5.11 Å². The monoisotopic (exact) mass is 360 g/mol. The first-order valence-electron chi connectivity index (χ1n) is 6.65. The molecular weight excluding hydrogens is 344 g/mol. The first kappa shape index (κ1) is 15.8. The van der Waals surface area contributed by atoms with E-state index in [4.69, 9.17) is 16.7 Å². The van der Waals surface area contributed by atoms with E-state index in [0.717, 1.165) is 48.6 Å². The lowest BCUT2D eigenvalue weighted by molar-refractivity contribution is -0.138. The average Bonchev–Trinajstić information content (AvgIpc) is 2.59. The normalized spacial score (nSPS) is 17.9. The SMILES string of the molecule is O=C(O)CN1CCCN(Cc2cc(Cl)ccc2Br)CC1. The van der Waals surface area contributed by atoms with Crippen molar-refractivity contribution in [2.24, 2.45) is 0 Å². The molecule has 2 rings (SSSR count). The van der Waals surface area contributed by atoms with Crippen LogP contribution in [0.2, 0.25) is 5.02 Å². The van der Waals surface area contributed by atoms with Gasteiger partial charge in [0.15, 0.2) is 0 Å². The molecule has 6 heteroatoms. The Morgan fingerprint density at radius 3 is 2.70 bits per heavy atom. The maximum absolute atomic E-state index is 10.8. The number of nitrogens with zero attached hydrogens (tertiary/aromatic N) is 2. The van der Waals surface area contributed by atoms with Crippen LogP contribution in [0.5, 0.6) is 0 Å². The summed E-state index contributed by atoms with van der Waals surface area (Å²) >= 11 is 9.58. The molecule has 0 spiro atoms. The van der Waals surface area contributed by atoms with Crippen molar-refractivity contribution in [1.29, 1.82) is 0 Å². The van der Waals surface area contributed by atoms with Crippen LogP contribution in [-0.4, -0.2) is 53.6 Å². The van der Waals surface area contributed by atoms with E-state index in [0.29, 0.717) is 0 Å². The zero-order chi connectivity index (χ0) is 14.5. The summed E-state index contributed by atoms with van der Waals surface area (Å²) in [6.45, 7) is 4.47. The quantitative estimate of drug-likeness (QED) is 0.895. The van der Waals surface area contributed by atoms with Crippen molar-refractivity contribution in [3.63, 3.8) is 0 Å². The minimum atomic E-state index is -0.754. The minimum Gasteiger partial charge on any atom is -0.480 e. The van der Waals surface area contributed by atoms with Crippen molar-refractivity contribution < 1.29 is 9.90 Å². The Kier molecular flexibility index (Phi) is 5.84. The Morgan fingerprint density at radius 1 is 1.25 bits per heavy atom. The number of aliphatic carboxylic acids is 1. The number of hydrogen-bond donors (Lipinski definition) is 1. The molecule has 0 radical (unpaired) electrons. The number of carbonyl (C=O) groups is 1. The number of rotatable bonds is 4. The van der Waals surface area contributed by atoms with Crippen LogP contribution in [0.4, 0.5) is 0 Å². The van der Waals surface area contributed by atoms with Gasteiger partial charge in [0.2, 0.25) is 0 Å². The second kappa shape index (κ2) is 7.41. The summed E-state index contributed by atoms with van der Waals surface area (Å²) in [5, 5.41) is 9.59. The summed E-state index contributed by atoms with van der Waals surface area (Å²) in [6.07, 6.45) is 0.992. The highest BCUT2D eigenvalue weighted by atomic mass is 79.9. The Bertz CT molecular complexity index is 484. The molecule has 0 unspecified atom stereocenters. The first-order chi connectivity index (χ1) is 9.54. The lowest BCUT2D eigenvalue weighted by Gasteiger charge is -2.21. The number of halogens is 2. The second-order valence-electron chi connectivity index (χ2n) is 5.04. The van der Waals surface area contributed by atoms with Crippen molar-refractivity contribution in [2.45, 2.75) is 13.0 Å². The number of carboxylic acids is 1. The third-order valence-electron chi connectivity index (χ3n) is 3.44. The van der Waals surface area contributed by atoms with Crippen LogP contribution in [-0.2, 0) is 11.3 Å². The molecule has 1 aliphatic rings. The molecule has 1 fully saturated rings. The van der Waals surface area contributed by atoms with Gasteiger partial charge in [-0.25, -0.2) is 0 Å². The maximum atomic E-state index is 10.8. The smallest absolute Gasteiger partial charge is 0.317 e. The molecule has 1 N–H and O–H groups in total. The molecule has 0 aromatic heterocycles. The fourth-order valence-corrected chi connectivity index (χ4v) is 3.00. The summed E-state index contributed by atoms with van der Waals surface area (Å²) in [6, 6.07) is 5.81. The largest absolute Gasteiger partial charge is 0.480 e. The molecule has 0 atom stereocenters. The summed E-state index contributed by atoms with van der Waals surface area (Å²) in [4.78, 5) is 15.1. The molecule has 1 aromatic rings. The summed E-state index contributed by atoms with van der Waals surface area (Å²) in [5.41, 5.74) is 1.17. The molecule has 0 amide bonds. The second-order valence-corrected chi connectivity index (χ2v) is 6.33. The lowest BCUT2D eigenvalue weighted by Crippen LogP contribution is -2.34. The third-order valence-corrected chi connectivity index (χ3v) is 4.45. The van der Waals surface area contributed by atoms with E-state index < -0.39 is 5.97 Å². The van der Waals surface area contributed by atoms with Gasteiger partial charge in [0.05, 0.1) is 6.54 Å². The van der Waals surface area contributed by atoms with E-state index in [1.165, 1.54) is 5.56 Å². The molecular formula is C14H18BrClN2O2. The van der Waals surface area contributed by atoms with Gasteiger partial charge in [-0.05, 0) is 36.7 Å². The van der Waals surface area contributed by atoms with Crippen LogP contribution in [0.1, 0.15) is 12.0 Å². The molecule has 1 saturated heterocycles. The van der Waals surface area contributed by atoms with Crippen LogP contribution in [0, 0.1) is 0 Å². The van der Waals surface area contributed by atoms with Crippen molar-refractivity contribution in [1.82, 2.24) is 9.80 Å². The number of hydrogen-bond acceptors (Lipinski definition) is 3. The van der Waals surface area contributed by atoms with E-state index in [9.17, 15) is 4.79 Å². The van der Waals surface area contributed by atoms with Crippen molar-refractivity contribution in [2.75, 3.05) is 32.7 Å². The van der Waals surface area contributed by atoms with Gasteiger partial charge in [0.25, 0.3) is 0 Å². The summed E-state index contributed by atoms with van der Waals surface area (Å²) < 4.78 is 1.06.